The van der Waals surface area contributed by atoms with Crippen LogP contribution >= 0.6 is 11.8 Å². The summed E-state index contributed by atoms with van der Waals surface area (Å²) in [4.78, 5) is 14.9. The molecule has 5 nitrogen and oxygen atoms in total. The quantitative estimate of drug-likeness (QED) is 0.392. The van der Waals surface area contributed by atoms with E-state index in [2.05, 4.69) is 57.6 Å². The summed E-state index contributed by atoms with van der Waals surface area (Å²) in [6.45, 7) is 1.34. The lowest BCUT2D eigenvalue weighted by atomic mass is 9.99. The number of aromatic nitrogens is 2. The van der Waals surface area contributed by atoms with Crippen molar-refractivity contribution in [1.82, 2.24) is 9.78 Å². The molecule has 1 N–H and O–H groups in total. The Kier molecular flexibility index (Phi) is 7.66. The monoisotopic (exact) mass is 475 g/mol. The average molecular weight is 476 g/mol. The van der Waals surface area contributed by atoms with Gasteiger partial charge in [-0.15, -0.1) is 0 Å². The maximum absolute atomic E-state index is 12.6. The number of carbonyl (C=O) groups excluding carboxylic acids is 1. The molecule has 0 unspecified atom stereocenters. The van der Waals surface area contributed by atoms with Gasteiger partial charge in [0.05, 0.1) is 11.7 Å². The molecule has 1 aromatic heterocycles. The van der Waals surface area contributed by atoms with Gasteiger partial charge >= 0.3 is 0 Å². The van der Waals surface area contributed by atoms with E-state index in [0.29, 0.717) is 19.3 Å². The van der Waals surface area contributed by atoms with Crippen molar-refractivity contribution in [3.63, 3.8) is 0 Å². The summed E-state index contributed by atoms with van der Waals surface area (Å²) in [7, 11) is 0. The lowest BCUT2D eigenvalue weighted by molar-refractivity contribution is -0.122. The first-order valence-electron chi connectivity index (χ1n) is 12.6. The number of rotatable bonds is 6. The van der Waals surface area contributed by atoms with Crippen molar-refractivity contribution in [2.45, 2.75) is 67.2 Å². The number of hydrogen-bond donors (Lipinski definition) is 1. The van der Waals surface area contributed by atoms with Gasteiger partial charge in [-0.3, -0.25) is 9.48 Å². The van der Waals surface area contributed by atoms with E-state index in [-0.39, 0.29) is 11.8 Å². The molecule has 178 valence electrons. The number of carbonyl (C=O) groups is 1. The lowest BCUT2D eigenvalue weighted by Crippen LogP contribution is -2.28. The Morgan fingerprint density at radius 2 is 1.68 bits per heavy atom. The van der Waals surface area contributed by atoms with E-state index in [0.717, 1.165) is 23.4 Å². The first kappa shape index (κ1) is 23.2. The van der Waals surface area contributed by atoms with Crippen molar-refractivity contribution < 1.29 is 9.53 Å². The van der Waals surface area contributed by atoms with Gasteiger partial charge in [-0.25, -0.2) is 0 Å². The Hall–Kier alpha value is -2.57. The molecule has 0 spiro atoms. The molecule has 2 aromatic carbocycles. The molecule has 0 bridgehead atoms. The van der Waals surface area contributed by atoms with Crippen LogP contribution in [0.4, 0.5) is 5.69 Å². The van der Waals surface area contributed by atoms with Crippen molar-refractivity contribution in [3.05, 3.63) is 60.8 Å². The maximum Gasteiger partial charge on any atom is 0.227 e. The van der Waals surface area contributed by atoms with Crippen LogP contribution in [0.5, 0.6) is 0 Å². The fraction of sp³-hybridized carbons (Fsp3) is 0.429. The fourth-order valence-electron chi connectivity index (χ4n) is 5.01. The highest BCUT2D eigenvalue weighted by molar-refractivity contribution is 7.99. The normalized spacial score (nSPS) is 17.9. The predicted molar refractivity (Wildman–Crippen MR) is 137 cm³/mol. The standard InChI is InChI=1S/C28H33N3O2S/c32-28(22-15-18-33-19-16-22)30-23-6-5-9-26(20-23)34-25-12-10-21(11-13-25)27-14-17-29-31(27)24-7-3-1-2-4-8-24/h5-6,9-14,17,20,22,24H,1-4,7-8,15-16,18-19H2,(H,30,32). The van der Waals surface area contributed by atoms with Crippen molar-refractivity contribution >= 4 is 23.4 Å². The Bertz CT molecular complexity index is 1080. The minimum Gasteiger partial charge on any atom is -0.381 e. The summed E-state index contributed by atoms with van der Waals surface area (Å²) in [5, 5.41) is 7.77. The molecule has 1 saturated carbocycles. The summed E-state index contributed by atoms with van der Waals surface area (Å²) in [5.41, 5.74) is 3.27. The van der Waals surface area contributed by atoms with Gasteiger partial charge in [0.2, 0.25) is 5.91 Å². The van der Waals surface area contributed by atoms with Crippen molar-refractivity contribution in [3.8, 4) is 11.3 Å². The third-order valence-electron chi connectivity index (χ3n) is 6.92. The van der Waals surface area contributed by atoms with Gasteiger partial charge in [-0.1, -0.05) is 55.6 Å². The van der Waals surface area contributed by atoms with Crippen LogP contribution in [0.15, 0.2) is 70.6 Å². The van der Waals surface area contributed by atoms with E-state index >= 15 is 0 Å². The maximum atomic E-state index is 12.6. The second-order valence-corrected chi connectivity index (χ2v) is 10.5. The molecule has 34 heavy (non-hydrogen) atoms. The van der Waals surface area contributed by atoms with Crippen LogP contribution in [0.1, 0.15) is 57.4 Å². The third kappa shape index (κ3) is 5.73. The van der Waals surface area contributed by atoms with E-state index in [9.17, 15) is 4.79 Å². The zero-order chi connectivity index (χ0) is 23.2. The summed E-state index contributed by atoms with van der Waals surface area (Å²) in [5.74, 6) is 0.143. The summed E-state index contributed by atoms with van der Waals surface area (Å²) in [6, 6.07) is 19.5. The van der Waals surface area contributed by atoms with Gasteiger partial charge in [0.25, 0.3) is 0 Å². The number of nitrogens with one attached hydrogen (secondary N) is 1. The molecule has 1 saturated heterocycles. The molecule has 2 fully saturated rings. The van der Waals surface area contributed by atoms with Crippen LogP contribution in [-0.2, 0) is 9.53 Å². The minimum atomic E-state index is 0.0454. The molecule has 0 radical (unpaired) electrons. The SMILES string of the molecule is O=C(Nc1cccc(Sc2ccc(-c3ccnn3C3CCCCCC3)cc2)c1)C1CCOCC1. The van der Waals surface area contributed by atoms with E-state index < -0.39 is 0 Å². The Morgan fingerprint density at radius 1 is 0.912 bits per heavy atom. The van der Waals surface area contributed by atoms with Crippen LogP contribution in [0.3, 0.4) is 0 Å². The smallest absolute Gasteiger partial charge is 0.227 e. The lowest BCUT2D eigenvalue weighted by Gasteiger charge is -2.21. The zero-order valence-corrected chi connectivity index (χ0v) is 20.4. The predicted octanol–water partition coefficient (Wildman–Crippen LogP) is 6.96. The van der Waals surface area contributed by atoms with Gasteiger partial charge in [-0.2, -0.15) is 5.10 Å². The molecule has 2 heterocycles. The molecular formula is C28H33N3O2S. The van der Waals surface area contributed by atoms with Crippen LogP contribution < -0.4 is 5.32 Å². The molecule has 1 aliphatic heterocycles. The van der Waals surface area contributed by atoms with Crippen LogP contribution in [0.25, 0.3) is 11.3 Å². The second kappa shape index (κ2) is 11.2. The Balaban J connectivity index is 1.24. The number of benzene rings is 2. The molecule has 5 rings (SSSR count). The van der Waals surface area contributed by atoms with Gasteiger partial charge in [0, 0.05) is 40.8 Å². The second-order valence-electron chi connectivity index (χ2n) is 9.34. The summed E-state index contributed by atoms with van der Waals surface area (Å²) in [6.07, 6.45) is 11.3. The first-order valence-corrected chi connectivity index (χ1v) is 13.4. The van der Waals surface area contributed by atoms with E-state index in [1.165, 1.54) is 54.7 Å². The summed E-state index contributed by atoms with van der Waals surface area (Å²) >= 11 is 1.71. The van der Waals surface area contributed by atoms with Crippen molar-refractivity contribution in [2.24, 2.45) is 5.92 Å². The topological polar surface area (TPSA) is 56.2 Å². The molecule has 1 amide bonds. The number of amides is 1. The van der Waals surface area contributed by atoms with E-state index in [4.69, 9.17) is 4.74 Å². The molecule has 2 aliphatic rings. The van der Waals surface area contributed by atoms with E-state index in [1.54, 1.807) is 11.8 Å². The number of anilines is 1. The third-order valence-corrected chi connectivity index (χ3v) is 7.92. The Labute approximate surface area is 206 Å². The zero-order valence-electron chi connectivity index (χ0n) is 19.6. The van der Waals surface area contributed by atoms with Gasteiger partial charge in [-0.05, 0) is 67.6 Å². The molecule has 0 atom stereocenters. The molecule has 3 aromatic rings. The van der Waals surface area contributed by atoms with Gasteiger partial charge < -0.3 is 10.1 Å². The molecule has 6 heteroatoms. The summed E-state index contributed by atoms with van der Waals surface area (Å²) < 4.78 is 7.62. The Morgan fingerprint density at radius 3 is 2.44 bits per heavy atom. The van der Waals surface area contributed by atoms with Crippen molar-refractivity contribution in [2.75, 3.05) is 18.5 Å². The van der Waals surface area contributed by atoms with Crippen LogP contribution in [0, 0.1) is 5.92 Å². The van der Waals surface area contributed by atoms with Crippen molar-refractivity contribution in [1.29, 1.82) is 0 Å². The largest absolute Gasteiger partial charge is 0.381 e. The first-order chi connectivity index (χ1) is 16.8. The highest BCUT2D eigenvalue weighted by Crippen LogP contribution is 2.34. The highest BCUT2D eigenvalue weighted by Gasteiger charge is 2.22. The highest BCUT2D eigenvalue weighted by atomic mass is 32.2. The molecular weight excluding hydrogens is 442 g/mol. The van der Waals surface area contributed by atoms with Gasteiger partial charge in [0.15, 0.2) is 0 Å². The fourth-order valence-corrected chi connectivity index (χ4v) is 5.88. The minimum absolute atomic E-state index is 0.0454. The van der Waals surface area contributed by atoms with E-state index in [1.807, 2.05) is 18.3 Å². The molecule has 1 aliphatic carbocycles. The number of ether oxygens (including phenoxy) is 1. The average Bonchev–Trinajstić information content (AvgIpc) is 3.20. The van der Waals surface area contributed by atoms with Crippen LogP contribution in [0.2, 0.25) is 0 Å². The number of nitrogens with zero attached hydrogens (tertiary/aromatic N) is 2. The van der Waals surface area contributed by atoms with Crippen LogP contribution in [-0.4, -0.2) is 28.9 Å². The van der Waals surface area contributed by atoms with Gasteiger partial charge in [0.1, 0.15) is 0 Å². The number of hydrogen-bond acceptors (Lipinski definition) is 4.